The minimum atomic E-state index is -0.379. The van der Waals surface area contributed by atoms with E-state index in [-0.39, 0.29) is 11.6 Å². The lowest BCUT2D eigenvalue weighted by Crippen LogP contribution is -2.26. The monoisotopic (exact) mass is 512 g/mol. The van der Waals surface area contributed by atoms with E-state index < -0.39 is 0 Å². The molecule has 9 heteroatoms. The first-order valence-electron chi connectivity index (χ1n) is 12.5. The fourth-order valence-corrected chi connectivity index (χ4v) is 4.84. The van der Waals surface area contributed by atoms with Crippen molar-refractivity contribution in [2.45, 2.75) is 13.0 Å². The molecule has 0 aliphatic rings. The van der Waals surface area contributed by atoms with Crippen molar-refractivity contribution < 1.29 is 0 Å². The third-order valence-electron chi connectivity index (χ3n) is 6.73. The number of para-hydroxylation sites is 1. The molecule has 0 spiro atoms. The smallest absolute Gasteiger partial charge is 0.263 e. The van der Waals surface area contributed by atoms with Gasteiger partial charge in [0.15, 0.2) is 0 Å². The Morgan fingerprint density at radius 1 is 1.00 bits per heavy atom. The molecule has 6 rings (SSSR count). The van der Waals surface area contributed by atoms with E-state index >= 15 is 0 Å². The number of pyridine rings is 2. The van der Waals surface area contributed by atoms with Gasteiger partial charge in [0.1, 0.15) is 23.1 Å². The number of nitriles is 1. The maximum Gasteiger partial charge on any atom is 0.263 e. The van der Waals surface area contributed by atoms with Crippen molar-refractivity contribution in [2.75, 3.05) is 17.7 Å². The van der Waals surface area contributed by atoms with Crippen molar-refractivity contribution in [1.29, 1.82) is 5.26 Å². The fourth-order valence-electron chi connectivity index (χ4n) is 4.84. The summed E-state index contributed by atoms with van der Waals surface area (Å²) in [6.07, 6.45) is 5.11. The van der Waals surface area contributed by atoms with Crippen molar-refractivity contribution in [1.82, 2.24) is 24.5 Å². The van der Waals surface area contributed by atoms with Gasteiger partial charge in [0, 0.05) is 41.8 Å². The van der Waals surface area contributed by atoms with Gasteiger partial charge in [-0.05, 0) is 48.2 Å². The van der Waals surface area contributed by atoms with E-state index in [4.69, 9.17) is 0 Å². The van der Waals surface area contributed by atoms with Crippen LogP contribution in [-0.2, 0) is 0 Å². The molecule has 0 amide bonds. The van der Waals surface area contributed by atoms with E-state index in [0.29, 0.717) is 22.7 Å². The number of nitrogens with one attached hydrogen (secondary N) is 3. The average molecular weight is 513 g/mol. The Kier molecular flexibility index (Phi) is 5.98. The zero-order valence-electron chi connectivity index (χ0n) is 21.3. The summed E-state index contributed by atoms with van der Waals surface area (Å²) in [6, 6.07) is 23.2. The van der Waals surface area contributed by atoms with Crippen LogP contribution in [0.1, 0.15) is 24.2 Å². The molecule has 0 aliphatic heterocycles. The quantitative estimate of drug-likeness (QED) is 0.272. The lowest BCUT2D eigenvalue weighted by molar-refractivity contribution is 0.772. The molecule has 0 unspecified atom stereocenters. The second kappa shape index (κ2) is 9.76. The van der Waals surface area contributed by atoms with E-state index in [1.165, 1.54) is 6.20 Å². The first-order chi connectivity index (χ1) is 19.1. The Balaban J connectivity index is 1.56. The molecule has 3 N–H and O–H groups in total. The third kappa shape index (κ3) is 4.24. The van der Waals surface area contributed by atoms with Crippen LogP contribution < -0.4 is 16.2 Å². The number of hydrogen-bond donors (Lipinski definition) is 3. The van der Waals surface area contributed by atoms with Gasteiger partial charge < -0.3 is 15.6 Å². The fraction of sp³-hybridized carbons (Fsp3) is 0.100. The van der Waals surface area contributed by atoms with Crippen LogP contribution in [-0.4, -0.2) is 31.6 Å². The molecular weight excluding hydrogens is 488 g/mol. The molecule has 6 aromatic rings. The highest BCUT2D eigenvalue weighted by molar-refractivity contribution is 5.98. The molecule has 9 nitrogen and oxygen atoms in total. The van der Waals surface area contributed by atoms with Gasteiger partial charge in [0.2, 0.25) is 5.95 Å². The first kappa shape index (κ1) is 23.9. The lowest BCUT2D eigenvalue weighted by atomic mass is 9.98. The van der Waals surface area contributed by atoms with Gasteiger partial charge in [-0.2, -0.15) is 10.2 Å². The largest absolute Gasteiger partial charge is 0.361 e. The number of aromatic amines is 1. The predicted molar refractivity (Wildman–Crippen MR) is 153 cm³/mol. The maximum atomic E-state index is 14.4. The van der Waals surface area contributed by atoms with Gasteiger partial charge in [-0.25, -0.2) is 9.97 Å². The number of nitrogens with zero attached hydrogens (tertiary/aromatic N) is 5. The van der Waals surface area contributed by atoms with E-state index in [1.54, 1.807) is 17.8 Å². The van der Waals surface area contributed by atoms with Crippen LogP contribution in [0.5, 0.6) is 0 Å². The average Bonchev–Trinajstić information content (AvgIpc) is 3.45. The van der Waals surface area contributed by atoms with Crippen LogP contribution in [0, 0.1) is 11.3 Å². The Bertz CT molecular complexity index is 1940. The third-order valence-corrected chi connectivity index (χ3v) is 6.73. The first-order valence-corrected chi connectivity index (χ1v) is 12.5. The highest BCUT2D eigenvalue weighted by atomic mass is 16.1. The van der Waals surface area contributed by atoms with E-state index in [9.17, 15) is 10.1 Å². The van der Waals surface area contributed by atoms with E-state index in [0.717, 1.165) is 38.9 Å². The molecule has 0 fully saturated rings. The summed E-state index contributed by atoms with van der Waals surface area (Å²) in [5.41, 5.74) is 4.10. The molecule has 1 atom stereocenters. The van der Waals surface area contributed by atoms with Crippen LogP contribution in [0.4, 0.5) is 11.8 Å². The van der Waals surface area contributed by atoms with Crippen LogP contribution in [0.3, 0.4) is 0 Å². The molecule has 0 saturated heterocycles. The topological polar surface area (TPSA) is 124 Å². The highest BCUT2D eigenvalue weighted by Crippen LogP contribution is 2.31. The molecule has 0 aliphatic carbocycles. The minimum absolute atomic E-state index is 0.147. The standard InChI is InChI=1S/C30H24N8O/c1-18(36-28-22(15-31)17-35-30(32-2)37-28)25-14-19-7-6-10-24(21-13-20-11-12-33-27(20)34-16-21)26(19)29(39)38(25)23-8-4-3-5-9-23/h3-14,16-18H,1-2H3,(H,33,34)(H2,32,35,36,37)/t18-/m0/s1. The zero-order chi connectivity index (χ0) is 26.9. The van der Waals surface area contributed by atoms with Gasteiger partial charge in [-0.15, -0.1) is 0 Å². The van der Waals surface area contributed by atoms with Crippen molar-refractivity contribution in [3.05, 3.63) is 107 Å². The number of rotatable bonds is 6. The normalized spacial score (nSPS) is 11.8. The summed E-state index contributed by atoms with van der Waals surface area (Å²) in [6.45, 7) is 1.94. The highest BCUT2D eigenvalue weighted by Gasteiger charge is 2.20. The Hall–Kier alpha value is -5.49. The molecule has 2 aromatic carbocycles. The Morgan fingerprint density at radius 2 is 1.85 bits per heavy atom. The van der Waals surface area contributed by atoms with Crippen molar-refractivity contribution in [2.24, 2.45) is 0 Å². The van der Waals surface area contributed by atoms with Crippen molar-refractivity contribution >= 4 is 33.6 Å². The number of benzene rings is 2. The SMILES string of the molecule is CNc1ncc(C#N)c(N[C@@H](C)c2cc3cccc(-c4cnc5[nH]ccc5c4)c3c(=O)n2-c2ccccc2)n1. The summed E-state index contributed by atoms with van der Waals surface area (Å²) in [4.78, 5) is 30.6. The molecular formula is C30H24N8O. The second-order valence-electron chi connectivity index (χ2n) is 9.14. The summed E-state index contributed by atoms with van der Waals surface area (Å²) >= 11 is 0. The summed E-state index contributed by atoms with van der Waals surface area (Å²) in [7, 11) is 1.71. The summed E-state index contributed by atoms with van der Waals surface area (Å²) in [5, 5.41) is 18.2. The number of hydrogen-bond acceptors (Lipinski definition) is 7. The molecule has 0 radical (unpaired) electrons. The molecule has 4 aromatic heterocycles. The van der Waals surface area contributed by atoms with E-state index in [2.05, 4.69) is 36.6 Å². The Labute approximate surface area is 223 Å². The minimum Gasteiger partial charge on any atom is -0.361 e. The van der Waals surface area contributed by atoms with Crippen LogP contribution in [0.2, 0.25) is 0 Å². The van der Waals surface area contributed by atoms with Crippen molar-refractivity contribution in [3.63, 3.8) is 0 Å². The molecule has 39 heavy (non-hydrogen) atoms. The lowest BCUT2D eigenvalue weighted by Gasteiger charge is -2.22. The van der Waals surface area contributed by atoms with Crippen molar-refractivity contribution in [3.8, 4) is 22.9 Å². The number of aromatic nitrogens is 5. The Morgan fingerprint density at radius 3 is 2.64 bits per heavy atom. The summed E-state index contributed by atoms with van der Waals surface area (Å²) in [5.74, 6) is 0.774. The van der Waals surface area contributed by atoms with Gasteiger partial charge in [0.05, 0.1) is 17.6 Å². The van der Waals surface area contributed by atoms with Gasteiger partial charge in [0.25, 0.3) is 5.56 Å². The second-order valence-corrected chi connectivity index (χ2v) is 9.14. The van der Waals surface area contributed by atoms with Gasteiger partial charge in [-0.1, -0.05) is 36.4 Å². The molecule has 4 heterocycles. The number of fused-ring (bicyclic) bond motifs is 2. The maximum absolute atomic E-state index is 14.4. The number of anilines is 2. The van der Waals surface area contributed by atoms with Crippen LogP contribution in [0.15, 0.2) is 90.1 Å². The van der Waals surface area contributed by atoms with E-state index in [1.807, 2.05) is 79.9 Å². The molecule has 0 saturated carbocycles. The zero-order valence-corrected chi connectivity index (χ0v) is 21.3. The summed E-state index contributed by atoms with van der Waals surface area (Å²) < 4.78 is 1.72. The molecule has 0 bridgehead atoms. The van der Waals surface area contributed by atoms with Gasteiger partial charge >= 0.3 is 0 Å². The number of H-pyrrole nitrogens is 1. The van der Waals surface area contributed by atoms with Gasteiger partial charge in [-0.3, -0.25) is 9.36 Å². The van der Waals surface area contributed by atoms with Crippen LogP contribution >= 0.6 is 0 Å². The molecule has 190 valence electrons. The van der Waals surface area contributed by atoms with Crippen LogP contribution in [0.25, 0.3) is 38.6 Å². The predicted octanol–water partition coefficient (Wildman–Crippen LogP) is 5.41.